The average Bonchev–Trinajstić information content (AvgIpc) is 4.20. The number of hydrogen-bond donors (Lipinski definition) is 1. The zero-order valence-electron chi connectivity index (χ0n) is 40.3. The second kappa shape index (κ2) is 24.0. The van der Waals surface area contributed by atoms with E-state index >= 15 is 0 Å². The molecule has 0 bridgehead atoms. The number of nitrogens with one attached hydrogen (secondary N) is 2. The molecule has 13 heteroatoms. The summed E-state index contributed by atoms with van der Waals surface area (Å²) in [7, 11) is 6.36. The Morgan fingerprint density at radius 3 is 1.79 bits per heavy atom. The number of carbonyl (C=O) groups excluding carboxylic acids is 1. The first-order valence-electron chi connectivity index (χ1n) is 22.9. The number of carbonyl (C=O) groups is 1. The van der Waals surface area contributed by atoms with Crippen LogP contribution >= 0.6 is 0 Å². The van der Waals surface area contributed by atoms with Gasteiger partial charge in [-0.1, -0.05) is 32.3 Å². The molecule has 0 fully saturated rings. The Kier molecular flexibility index (Phi) is 17.1. The van der Waals surface area contributed by atoms with Crippen LogP contribution < -0.4 is 28.4 Å². The number of methoxy groups -OCH3 is 4. The molecule has 70 heavy (non-hydrogen) atoms. The third kappa shape index (κ3) is 11.4. The first-order chi connectivity index (χ1) is 34.2. The average molecular weight is 985 g/mol. The minimum absolute atomic E-state index is 0.0533. The number of allylic oxidation sites excluding steroid dienone is 6. The van der Waals surface area contributed by atoms with Crippen LogP contribution in [0.5, 0.6) is 34.5 Å². The molecule has 2 aromatic heterocycles. The SMILES string of the molecule is [CH-]=C/C([NH-])=C(C1=N/C(=C(/c2ccccn2)c2ccc(/C(=C3/C=CC([C](=[Zn])C#Cc4ccc(C=O)cc4)=N3)c3cc(OC)c(OCCCC)c(OC)c3)[nH]2)C=C1)\c1cc(OC)c(OCCCC)c(OC)c1. The molecule has 4 heterocycles. The van der Waals surface area contributed by atoms with Crippen molar-refractivity contribution in [3.8, 4) is 46.3 Å². The molecule has 2 N–H and O–H groups in total. The number of rotatable bonds is 21. The first kappa shape index (κ1) is 50.1. The molecule has 0 radical (unpaired) electrons. The van der Waals surface area contributed by atoms with E-state index in [0.717, 1.165) is 87.7 Å². The van der Waals surface area contributed by atoms with E-state index in [2.05, 4.69) is 30.7 Å². The molecule has 0 spiro atoms. The van der Waals surface area contributed by atoms with E-state index in [4.69, 9.17) is 55.7 Å². The second-order valence-electron chi connectivity index (χ2n) is 15.9. The molecular weight excluding hydrogens is 932 g/mol. The molecule has 7 rings (SSSR count). The number of unbranched alkanes of at least 4 members (excludes halogenated alkanes) is 2. The van der Waals surface area contributed by atoms with Crippen molar-refractivity contribution in [3.05, 3.63) is 184 Å². The normalized spacial score (nSPS) is 14.4. The van der Waals surface area contributed by atoms with Gasteiger partial charge in [0.05, 0.1) is 20.8 Å². The predicted molar refractivity (Wildman–Crippen MR) is 274 cm³/mol. The molecule has 5 aromatic rings. The van der Waals surface area contributed by atoms with Crippen LogP contribution in [0, 0.1) is 18.4 Å². The summed E-state index contributed by atoms with van der Waals surface area (Å²) < 4.78 is 36.7. The number of aldehydes is 1. The number of aromatic amines is 1. The molecule has 0 saturated heterocycles. The van der Waals surface area contributed by atoms with Gasteiger partial charge in [-0.3, -0.25) is 18.4 Å². The summed E-state index contributed by atoms with van der Waals surface area (Å²) in [5.74, 6) is 9.46. The fraction of sp³-hybridized carbons (Fsp3) is 0.211. The maximum absolute atomic E-state index is 11.2. The molecule has 0 aliphatic carbocycles. The summed E-state index contributed by atoms with van der Waals surface area (Å²) in [6.45, 7) is 11.3. The van der Waals surface area contributed by atoms with Crippen molar-refractivity contribution in [2.45, 2.75) is 39.5 Å². The van der Waals surface area contributed by atoms with Crippen LogP contribution in [0.25, 0.3) is 22.5 Å². The van der Waals surface area contributed by atoms with E-state index < -0.39 is 0 Å². The van der Waals surface area contributed by atoms with Gasteiger partial charge in [0.1, 0.15) is 0 Å². The fourth-order valence-corrected chi connectivity index (χ4v) is 8.31. The van der Waals surface area contributed by atoms with Crippen molar-refractivity contribution in [1.29, 1.82) is 0 Å². The van der Waals surface area contributed by atoms with E-state index in [9.17, 15) is 4.79 Å². The van der Waals surface area contributed by atoms with Gasteiger partial charge in [-0.05, 0) is 30.2 Å². The van der Waals surface area contributed by atoms with Crippen LogP contribution in [0.1, 0.15) is 83.7 Å². The van der Waals surface area contributed by atoms with Crippen molar-refractivity contribution in [1.82, 2.24) is 9.97 Å². The number of pyridine rings is 1. The fourth-order valence-electron chi connectivity index (χ4n) is 7.71. The van der Waals surface area contributed by atoms with Gasteiger partial charge < -0.3 is 19.9 Å². The predicted octanol–water partition coefficient (Wildman–Crippen LogP) is 11.4. The van der Waals surface area contributed by atoms with E-state index in [-0.39, 0.29) is 5.70 Å². The number of benzene rings is 3. The Labute approximate surface area is 419 Å². The number of aliphatic imine (C=N–C) groups is 2. The summed E-state index contributed by atoms with van der Waals surface area (Å²) in [5.41, 5.74) is 18.5. The standard InChI is InChI=1S/C57H53N5O7.Zn/c1-8-11-30-68-56-49(64-4)32-39(33-50(56)65-5)53(42(58)10-3)44-25-27-47(61-44)55(43-18-13-14-29-59-43)48-28-26-46(62-48)54(40-34-51(66-6)57(52(35-40)67-7)69-31-12-9-2)45-24-23-41(60-45)17-15-16-37-19-21-38(36-63)22-20-37;/h3,10,13-14,18-29,32-36H,8-9,11-12,30-31H2,1-2,4-7H3,(H2-,58,59,60,61,62);/q-2;. The van der Waals surface area contributed by atoms with Gasteiger partial charge in [0.25, 0.3) is 0 Å². The van der Waals surface area contributed by atoms with Crippen LogP contribution in [0.2, 0.25) is 0 Å². The first-order valence-corrected chi connectivity index (χ1v) is 24.4. The number of nitrogens with zero attached hydrogens (tertiary/aromatic N) is 3. The van der Waals surface area contributed by atoms with Crippen molar-refractivity contribution < 1.29 is 51.1 Å². The smallest absolute Gasteiger partial charge is 0.493 e. The van der Waals surface area contributed by atoms with E-state index in [1.54, 1.807) is 46.8 Å². The van der Waals surface area contributed by atoms with Crippen LogP contribution in [0.4, 0.5) is 0 Å². The topological polar surface area (TPSA) is 150 Å². The molecule has 352 valence electrons. The number of ether oxygens (including phenoxy) is 6. The van der Waals surface area contributed by atoms with Crippen LogP contribution in [0.3, 0.4) is 0 Å². The van der Waals surface area contributed by atoms with Crippen molar-refractivity contribution >= 4 is 38.5 Å². The number of hydrogen-bond acceptors (Lipinski definition) is 10. The van der Waals surface area contributed by atoms with E-state index in [1.165, 1.54) is 6.08 Å². The minimum atomic E-state index is 0.0533. The van der Waals surface area contributed by atoms with Crippen LogP contribution in [0.15, 0.2) is 143 Å². The maximum atomic E-state index is 11.2. The third-order valence-electron chi connectivity index (χ3n) is 11.3. The molecule has 12 nitrogen and oxygen atoms in total. The third-order valence-corrected chi connectivity index (χ3v) is 12.5. The zero-order chi connectivity index (χ0) is 49.6. The molecule has 2 aliphatic rings. The van der Waals surface area contributed by atoms with Crippen molar-refractivity contribution in [3.63, 3.8) is 0 Å². The molecule has 0 saturated carbocycles. The van der Waals surface area contributed by atoms with Gasteiger partial charge in [0, 0.05) is 0 Å². The van der Waals surface area contributed by atoms with E-state index in [1.807, 2.05) is 91.0 Å². The molecule has 2 aliphatic heterocycles. The van der Waals surface area contributed by atoms with Gasteiger partial charge in [0.15, 0.2) is 11.5 Å². The molecular formula is C57H53N5O7Zn-2. The van der Waals surface area contributed by atoms with Crippen molar-refractivity contribution in [2.75, 3.05) is 41.7 Å². The van der Waals surface area contributed by atoms with Crippen molar-refractivity contribution in [2.24, 2.45) is 9.98 Å². The number of aromatic nitrogens is 2. The molecule has 0 amide bonds. The van der Waals surface area contributed by atoms with Gasteiger partial charge in [-0.2, -0.15) is 0 Å². The van der Waals surface area contributed by atoms with Gasteiger partial charge in [-0.25, -0.2) is 0 Å². The summed E-state index contributed by atoms with van der Waals surface area (Å²) in [4.78, 5) is 30.1. The summed E-state index contributed by atoms with van der Waals surface area (Å²) in [6, 6.07) is 24.4. The number of H-pyrrole nitrogens is 1. The van der Waals surface area contributed by atoms with Gasteiger partial charge >= 0.3 is 282 Å². The summed E-state index contributed by atoms with van der Waals surface area (Å²) >= 11 is 0.766. The van der Waals surface area contributed by atoms with Crippen LogP contribution in [-0.2, 0) is 17.9 Å². The van der Waals surface area contributed by atoms with Gasteiger partial charge in [-0.15, -0.1) is 0 Å². The Bertz CT molecular complexity index is 3020. The molecule has 3 aromatic carbocycles. The quantitative estimate of drug-likeness (QED) is 0.0191. The van der Waals surface area contributed by atoms with E-state index in [0.29, 0.717) is 92.8 Å². The Morgan fingerprint density at radius 2 is 1.26 bits per heavy atom. The Morgan fingerprint density at radius 1 is 0.714 bits per heavy atom. The summed E-state index contributed by atoms with van der Waals surface area (Å²) in [5, 5.41) is 0. The van der Waals surface area contributed by atoms with Gasteiger partial charge in [0.2, 0.25) is 5.75 Å². The summed E-state index contributed by atoms with van der Waals surface area (Å²) in [6.07, 6.45) is 15.2. The minimum Gasteiger partial charge on any atom is -0.493 e. The zero-order valence-corrected chi connectivity index (χ0v) is 43.2. The molecule has 0 unspecified atom stereocenters. The Hall–Kier alpha value is -7.81. The monoisotopic (exact) mass is 983 g/mol. The molecule has 0 atom stereocenters. The Balaban J connectivity index is 1.37. The second-order valence-corrected chi connectivity index (χ2v) is 17.4. The van der Waals surface area contributed by atoms with Crippen LogP contribution in [-0.4, -0.2) is 73.4 Å².